The van der Waals surface area contributed by atoms with Crippen molar-refractivity contribution >= 4 is 21.6 Å². The van der Waals surface area contributed by atoms with Gasteiger partial charge in [0, 0.05) is 36.3 Å². The molecular weight excluding hydrogens is 278 g/mol. The number of nitrogens with two attached hydrogens (primary N) is 1. The molecule has 0 aliphatic carbocycles. The van der Waals surface area contributed by atoms with Gasteiger partial charge in [-0.2, -0.15) is 0 Å². The zero-order valence-electron chi connectivity index (χ0n) is 10.3. The lowest BCUT2D eigenvalue weighted by atomic mass is 10.1. The van der Waals surface area contributed by atoms with Gasteiger partial charge in [0.05, 0.1) is 0 Å². The van der Waals surface area contributed by atoms with E-state index in [4.69, 9.17) is 5.73 Å². The molecule has 2 N–H and O–H groups in total. The highest BCUT2D eigenvalue weighted by molar-refractivity contribution is 9.10. The predicted octanol–water partition coefficient (Wildman–Crippen LogP) is 2.05. The Balaban J connectivity index is 2.20. The lowest BCUT2D eigenvalue weighted by Gasteiger charge is -2.25. The average molecular weight is 298 g/mol. The second kappa shape index (κ2) is 5.85. The summed E-state index contributed by atoms with van der Waals surface area (Å²) in [4.78, 5) is 4.85. The van der Waals surface area contributed by atoms with E-state index in [1.807, 2.05) is 0 Å². The van der Waals surface area contributed by atoms with Gasteiger partial charge in [-0.25, -0.2) is 0 Å². The molecule has 4 heteroatoms. The van der Waals surface area contributed by atoms with Crippen LogP contribution in [0.4, 0.5) is 5.69 Å². The fourth-order valence-electron chi connectivity index (χ4n) is 2.31. The van der Waals surface area contributed by atoms with Crippen LogP contribution in [0.2, 0.25) is 0 Å². The summed E-state index contributed by atoms with van der Waals surface area (Å²) in [6.45, 7) is 5.12. The number of halogens is 1. The van der Waals surface area contributed by atoms with Crippen molar-refractivity contribution in [3.63, 3.8) is 0 Å². The number of likely N-dealkylation sites (N-methyl/N-ethyl adjacent to an activating group) is 1. The Morgan fingerprint density at radius 3 is 2.82 bits per heavy atom. The summed E-state index contributed by atoms with van der Waals surface area (Å²) < 4.78 is 1.11. The van der Waals surface area contributed by atoms with Gasteiger partial charge in [-0.05, 0) is 43.8 Å². The third-order valence-corrected chi connectivity index (χ3v) is 3.81. The first-order valence-electron chi connectivity index (χ1n) is 6.12. The maximum atomic E-state index is 5.83. The maximum absolute atomic E-state index is 5.83. The number of rotatable bonds is 2. The molecule has 1 fully saturated rings. The van der Waals surface area contributed by atoms with Crippen LogP contribution in [0.5, 0.6) is 0 Å². The third-order valence-electron chi connectivity index (χ3n) is 3.32. The predicted molar refractivity (Wildman–Crippen MR) is 76.4 cm³/mol. The Morgan fingerprint density at radius 1 is 1.24 bits per heavy atom. The summed E-state index contributed by atoms with van der Waals surface area (Å²) in [7, 11) is 2.19. The van der Waals surface area contributed by atoms with Gasteiger partial charge in [0.25, 0.3) is 0 Å². The molecule has 1 aromatic carbocycles. The van der Waals surface area contributed by atoms with Gasteiger partial charge in [-0.3, -0.25) is 0 Å². The molecule has 2 rings (SSSR count). The van der Waals surface area contributed by atoms with Gasteiger partial charge in [0.1, 0.15) is 0 Å². The van der Waals surface area contributed by atoms with Gasteiger partial charge in [0.2, 0.25) is 0 Å². The standard InChI is InChI=1S/C13H20BrN3/c1-16-5-2-6-17(8-7-16)13-4-3-12(14)9-11(13)10-15/h3-4,9H,2,5-8,10,15H2,1H3. The van der Waals surface area contributed by atoms with E-state index in [0.29, 0.717) is 6.54 Å². The van der Waals surface area contributed by atoms with Crippen molar-refractivity contribution in [3.05, 3.63) is 28.2 Å². The summed E-state index contributed by atoms with van der Waals surface area (Å²) in [5.41, 5.74) is 8.36. The molecule has 3 nitrogen and oxygen atoms in total. The first-order valence-corrected chi connectivity index (χ1v) is 6.92. The molecule has 0 aromatic heterocycles. The largest absolute Gasteiger partial charge is 0.370 e. The summed E-state index contributed by atoms with van der Waals surface area (Å²) in [5.74, 6) is 0. The van der Waals surface area contributed by atoms with Crippen LogP contribution in [-0.4, -0.2) is 38.1 Å². The highest BCUT2D eigenvalue weighted by Gasteiger charge is 2.14. The molecule has 0 radical (unpaired) electrons. The molecule has 1 aliphatic rings. The zero-order chi connectivity index (χ0) is 12.3. The first kappa shape index (κ1) is 12.9. The Morgan fingerprint density at radius 2 is 2.06 bits per heavy atom. The van der Waals surface area contributed by atoms with Crippen LogP contribution in [-0.2, 0) is 6.54 Å². The summed E-state index contributed by atoms with van der Waals surface area (Å²) in [5, 5.41) is 0. The van der Waals surface area contributed by atoms with Crippen LogP contribution >= 0.6 is 15.9 Å². The second-order valence-electron chi connectivity index (χ2n) is 4.62. The van der Waals surface area contributed by atoms with Crippen molar-refractivity contribution in [3.8, 4) is 0 Å². The van der Waals surface area contributed by atoms with E-state index >= 15 is 0 Å². The highest BCUT2D eigenvalue weighted by Crippen LogP contribution is 2.25. The number of hydrogen-bond donors (Lipinski definition) is 1. The molecule has 0 unspecified atom stereocenters. The van der Waals surface area contributed by atoms with Crippen LogP contribution in [0.25, 0.3) is 0 Å². The SMILES string of the molecule is CN1CCCN(c2ccc(Br)cc2CN)CC1. The minimum Gasteiger partial charge on any atom is -0.370 e. The van der Waals surface area contributed by atoms with Crippen LogP contribution < -0.4 is 10.6 Å². The summed E-state index contributed by atoms with van der Waals surface area (Å²) in [6.07, 6.45) is 1.22. The van der Waals surface area contributed by atoms with Crippen molar-refractivity contribution in [2.75, 3.05) is 38.1 Å². The highest BCUT2D eigenvalue weighted by atomic mass is 79.9. The Kier molecular flexibility index (Phi) is 4.42. The van der Waals surface area contributed by atoms with E-state index in [2.05, 4.69) is 51.0 Å². The molecule has 1 aliphatic heterocycles. The summed E-state index contributed by atoms with van der Waals surface area (Å²) >= 11 is 3.50. The number of hydrogen-bond acceptors (Lipinski definition) is 3. The molecule has 94 valence electrons. The van der Waals surface area contributed by atoms with Crippen molar-refractivity contribution in [2.24, 2.45) is 5.73 Å². The van der Waals surface area contributed by atoms with Gasteiger partial charge in [0.15, 0.2) is 0 Å². The van der Waals surface area contributed by atoms with E-state index < -0.39 is 0 Å². The average Bonchev–Trinajstić information content (AvgIpc) is 2.54. The van der Waals surface area contributed by atoms with Crippen molar-refractivity contribution in [1.29, 1.82) is 0 Å². The van der Waals surface area contributed by atoms with Crippen LogP contribution in [0.3, 0.4) is 0 Å². The lowest BCUT2D eigenvalue weighted by molar-refractivity contribution is 0.360. The molecule has 0 spiro atoms. The van der Waals surface area contributed by atoms with E-state index in [1.54, 1.807) is 0 Å². The van der Waals surface area contributed by atoms with E-state index in [0.717, 1.165) is 24.1 Å². The molecule has 1 heterocycles. The molecule has 1 saturated heterocycles. The molecule has 0 bridgehead atoms. The van der Waals surface area contributed by atoms with Gasteiger partial charge in [-0.1, -0.05) is 15.9 Å². The molecule has 0 saturated carbocycles. The quantitative estimate of drug-likeness (QED) is 0.907. The second-order valence-corrected chi connectivity index (χ2v) is 5.54. The van der Waals surface area contributed by atoms with Crippen molar-refractivity contribution in [2.45, 2.75) is 13.0 Å². The van der Waals surface area contributed by atoms with Gasteiger partial charge >= 0.3 is 0 Å². The third kappa shape index (κ3) is 3.21. The normalized spacial score (nSPS) is 18.2. The Bertz CT molecular complexity index is 381. The van der Waals surface area contributed by atoms with Gasteiger partial charge < -0.3 is 15.5 Å². The number of anilines is 1. The first-order chi connectivity index (χ1) is 8.20. The Labute approximate surface area is 112 Å². The van der Waals surface area contributed by atoms with E-state index in [-0.39, 0.29) is 0 Å². The topological polar surface area (TPSA) is 32.5 Å². The van der Waals surface area contributed by atoms with Crippen LogP contribution in [0, 0.1) is 0 Å². The molecule has 0 amide bonds. The van der Waals surface area contributed by atoms with Crippen LogP contribution in [0.1, 0.15) is 12.0 Å². The Hall–Kier alpha value is -0.580. The number of nitrogens with zero attached hydrogens (tertiary/aromatic N) is 2. The summed E-state index contributed by atoms with van der Waals surface area (Å²) in [6, 6.07) is 6.41. The minimum absolute atomic E-state index is 0.598. The molecule has 1 aromatic rings. The fraction of sp³-hybridized carbons (Fsp3) is 0.538. The van der Waals surface area contributed by atoms with Gasteiger partial charge in [-0.15, -0.1) is 0 Å². The monoisotopic (exact) mass is 297 g/mol. The smallest absolute Gasteiger partial charge is 0.0412 e. The lowest BCUT2D eigenvalue weighted by Crippen LogP contribution is -2.29. The van der Waals surface area contributed by atoms with Crippen molar-refractivity contribution in [1.82, 2.24) is 4.90 Å². The maximum Gasteiger partial charge on any atom is 0.0412 e. The number of benzene rings is 1. The fourth-order valence-corrected chi connectivity index (χ4v) is 2.72. The zero-order valence-corrected chi connectivity index (χ0v) is 11.9. The molecule has 0 atom stereocenters. The van der Waals surface area contributed by atoms with E-state index in [9.17, 15) is 0 Å². The van der Waals surface area contributed by atoms with Crippen LogP contribution in [0.15, 0.2) is 22.7 Å². The molecular formula is C13H20BrN3. The van der Waals surface area contributed by atoms with E-state index in [1.165, 1.54) is 24.2 Å². The van der Waals surface area contributed by atoms with Crippen molar-refractivity contribution < 1.29 is 0 Å². The molecule has 17 heavy (non-hydrogen) atoms. The minimum atomic E-state index is 0.598.